The fraction of sp³-hybridized carbons (Fsp3) is 0.769. The molecule has 1 aromatic heterocycles. The lowest BCUT2D eigenvalue weighted by molar-refractivity contribution is 0.0894. The molecule has 5 heteroatoms. The zero-order valence-corrected chi connectivity index (χ0v) is 12.1. The highest BCUT2D eigenvalue weighted by Gasteiger charge is 2.29. The van der Waals surface area contributed by atoms with E-state index in [9.17, 15) is 4.79 Å². The maximum Gasteiger partial charge on any atom is 0.265 e. The van der Waals surface area contributed by atoms with Crippen LogP contribution in [-0.4, -0.2) is 21.5 Å². The van der Waals surface area contributed by atoms with Crippen LogP contribution >= 0.6 is 11.5 Å². The molecule has 18 heavy (non-hydrogen) atoms. The monoisotopic (exact) mass is 267 g/mol. The van der Waals surface area contributed by atoms with E-state index in [0.29, 0.717) is 22.8 Å². The summed E-state index contributed by atoms with van der Waals surface area (Å²) in [5.74, 6) is 1.25. The summed E-state index contributed by atoms with van der Waals surface area (Å²) in [6, 6.07) is 0.299. The van der Waals surface area contributed by atoms with E-state index in [1.54, 1.807) is 0 Å². The molecule has 0 spiro atoms. The molecule has 1 fully saturated rings. The van der Waals surface area contributed by atoms with Crippen LogP contribution < -0.4 is 5.32 Å². The van der Waals surface area contributed by atoms with Gasteiger partial charge < -0.3 is 5.32 Å². The molecular formula is C13H21N3OS. The van der Waals surface area contributed by atoms with Gasteiger partial charge in [-0.15, -0.1) is 5.10 Å². The average molecular weight is 267 g/mol. The molecule has 0 aliphatic heterocycles. The Balaban J connectivity index is 2.03. The molecule has 3 unspecified atom stereocenters. The van der Waals surface area contributed by atoms with Crippen molar-refractivity contribution in [2.24, 2.45) is 11.8 Å². The highest BCUT2D eigenvalue weighted by molar-refractivity contribution is 7.08. The average Bonchev–Trinajstić information content (AvgIpc) is 2.83. The van der Waals surface area contributed by atoms with E-state index in [1.807, 2.05) is 6.92 Å². The Labute approximate surface area is 112 Å². The Morgan fingerprint density at radius 2 is 2.22 bits per heavy atom. The van der Waals surface area contributed by atoms with Crippen molar-refractivity contribution < 1.29 is 4.79 Å². The molecule has 2 rings (SSSR count). The molecule has 100 valence electrons. The van der Waals surface area contributed by atoms with Gasteiger partial charge in [-0.2, -0.15) is 0 Å². The van der Waals surface area contributed by atoms with Crippen LogP contribution in [0.5, 0.6) is 0 Å². The van der Waals surface area contributed by atoms with Crippen molar-refractivity contribution in [3.63, 3.8) is 0 Å². The summed E-state index contributed by atoms with van der Waals surface area (Å²) in [7, 11) is 0. The first-order valence-electron chi connectivity index (χ1n) is 6.75. The number of hydrogen-bond acceptors (Lipinski definition) is 4. The molecule has 4 nitrogen and oxygen atoms in total. The van der Waals surface area contributed by atoms with Gasteiger partial charge in [0.15, 0.2) is 0 Å². The lowest BCUT2D eigenvalue weighted by Gasteiger charge is -2.34. The fourth-order valence-electron chi connectivity index (χ4n) is 2.63. The maximum atomic E-state index is 12.2. The van der Waals surface area contributed by atoms with Gasteiger partial charge in [0.2, 0.25) is 0 Å². The first-order valence-corrected chi connectivity index (χ1v) is 7.53. The number of nitrogens with zero attached hydrogens (tertiary/aromatic N) is 2. The molecule has 0 aromatic carbocycles. The second-order valence-corrected chi connectivity index (χ2v) is 6.00. The molecule has 0 radical (unpaired) electrons. The van der Waals surface area contributed by atoms with Crippen LogP contribution in [0.25, 0.3) is 0 Å². The third kappa shape index (κ3) is 2.71. The molecular weight excluding hydrogens is 246 g/mol. The first kappa shape index (κ1) is 13.5. The van der Waals surface area contributed by atoms with Gasteiger partial charge in [-0.25, -0.2) is 0 Å². The van der Waals surface area contributed by atoms with Crippen LogP contribution in [0.15, 0.2) is 0 Å². The molecule has 1 aliphatic carbocycles. The third-order valence-corrected chi connectivity index (χ3v) is 4.89. The molecule has 0 saturated heterocycles. The number of carbonyl (C=O) groups is 1. The minimum absolute atomic E-state index is 0.00722. The van der Waals surface area contributed by atoms with E-state index >= 15 is 0 Å². The van der Waals surface area contributed by atoms with Gasteiger partial charge in [-0.3, -0.25) is 4.79 Å². The molecule has 1 heterocycles. The number of nitrogens with one attached hydrogen (secondary N) is 1. The second-order valence-electron chi connectivity index (χ2n) is 5.25. The minimum Gasteiger partial charge on any atom is -0.348 e. The van der Waals surface area contributed by atoms with E-state index < -0.39 is 0 Å². The van der Waals surface area contributed by atoms with Gasteiger partial charge in [0.1, 0.15) is 4.88 Å². The summed E-state index contributed by atoms with van der Waals surface area (Å²) in [5, 5.41) is 7.16. The number of aromatic nitrogens is 2. The summed E-state index contributed by atoms with van der Waals surface area (Å²) in [6.45, 7) is 6.51. The number of aryl methyl sites for hydroxylation is 1. The SMILES string of the molecule is CCc1nnsc1C(=O)NC1CCCC(C)C1C. The van der Waals surface area contributed by atoms with E-state index in [0.717, 1.165) is 18.5 Å². The van der Waals surface area contributed by atoms with Crippen LogP contribution in [0, 0.1) is 11.8 Å². The largest absolute Gasteiger partial charge is 0.348 e. The Kier molecular flexibility index (Phi) is 4.32. The molecule has 1 amide bonds. The van der Waals surface area contributed by atoms with Crippen LogP contribution in [-0.2, 0) is 6.42 Å². The van der Waals surface area contributed by atoms with Gasteiger partial charge in [0.05, 0.1) is 5.69 Å². The van der Waals surface area contributed by atoms with Crippen LogP contribution in [0.1, 0.15) is 55.4 Å². The van der Waals surface area contributed by atoms with Crippen LogP contribution in [0.2, 0.25) is 0 Å². The van der Waals surface area contributed by atoms with Crippen molar-refractivity contribution in [2.45, 2.75) is 52.5 Å². The maximum absolute atomic E-state index is 12.2. The van der Waals surface area contributed by atoms with E-state index in [1.165, 1.54) is 24.4 Å². The molecule has 1 N–H and O–H groups in total. The van der Waals surface area contributed by atoms with Crippen molar-refractivity contribution >= 4 is 17.4 Å². The zero-order chi connectivity index (χ0) is 13.1. The predicted molar refractivity (Wildman–Crippen MR) is 72.7 cm³/mol. The quantitative estimate of drug-likeness (QED) is 0.916. The highest BCUT2D eigenvalue weighted by atomic mass is 32.1. The number of rotatable bonds is 3. The highest BCUT2D eigenvalue weighted by Crippen LogP contribution is 2.29. The van der Waals surface area contributed by atoms with Gasteiger partial charge >= 0.3 is 0 Å². The minimum atomic E-state index is 0.00722. The number of hydrogen-bond donors (Lipinski definition) is 1. The standard InChI is InChI=1S/C13H21N3OS/c1-4-10-12(18-16-15-10)13(17)14-11-7-5-6-8(2)9(11)3/h8-9,11H,4-7H2,1-3H3,(H,14,17). The Bertz CT molecular complexity index is 418. The van der Waals surface area contributed by atoms with Crippen LogP contribution in [0.3, 0.4) is 0 Å². The first-order chi connectivity index (χ1) is 8.63. The van der Waals surface area contributed by atoms with Crippen molar-refractivity contribution in [3.05, 3.63) is 10.6 Å². The topological polar surface area (TPSA) is 54.9 Å². The molecule has 1 aliphatic rings. The van der Waals surface area contributed by atoms with Gasteiger partial charge in [0, 0.05) is 6.04 Å². The normalized spacial score (nSPS) is 28.1. The Morgan fingerprint density at radius 3 is 2.94 bits per heavy atom. The van der Waals surface area contributed by atoms with E-state index in [4.69, 9.17) is 0 Å². The molecule has 1 saturated carbocycles. The third-order valence-electron chi connectivity index (χ3n) is 4.12. The van der Waals surface area contributed by atoms with Crippen molar-refractivity contribution in [3.8, 4) is 0 Å². The smallest absolute Gasteiger partial charge is 0.265 e. The molecule has 3 atom stereocenters. The van der Waals surface area contributed by atoms with Gasteiger partial charge in [-0.1, -0.05) is 38.1 Å². The van der Waals surface area contributed by atoms with Crippen LogP contribution in [0.4, 0.5) is 0 Å². The number of carbonyl (C=O) groups excluding carboxylic acids is 1. The zero-order valence-electron chi connectivity index (χ0n) is 11.3. The lowest BCUT2D eigenvalue weighted by Crippen LogP contribution is -2.43. The Hall–Kier alpha value is -0.970. The summed E-state index contributed by atoms with van der Waals surface area (Å²) >= 11 is 1.20. The fourth-order valence-corrected chi connectivity index (χ4v) is 3.29. The predicted octanol–water partition coefficient (Wildman–Crippen LogP) is 2.66. The van der Waals surface area contributed by atoms with Gasteiger partial charge in [-0.05, 0) is 36.2 Å². The summed E-state index contributed by atoms with van der Waals surface area (Å²) in [5.41, 5.74) is 0.814. The van der Waals surface area contributed by atoms with Crippen molar-refractivity contribution in [2.75, 3.05) is 0 Å². The summed E-state index contributed by atoms with van der Waals surface area (Å²) in [6.07, 6.45) is 4.33. The Morgan fingerprint density at radius 1 is 1.44 bits per heavy atom. The summed E-state index contributed by atoms with van der Waals surface area (Å²) in [4.78, 5) is 12.9. The summed E-state index contributed by atoms with van der Waals surface area (Å²) < 4.78 is 3.87. The van der Waals surface area contributed by atoms with Crippen molar-refractivity contribution in [1.82, 2.24) is 14.9 Å². The second kappa shape index (κ2) is 5.78. The van der Waals surface area contributed by atoms with E-state index in [2.05, 4.69) is 28.8 Å². The lowest BCUT2D eigenvalue weighted by atomic mass is 9.78. The molecule has 0 bridgehead atoms. The molecule has 1 aromatic rings. The number of amides is 1. The van der Waals surface area contributed by atoms with Gasteiger partial charge in [0.25, 0.3) is 5.91 Å². The van der Waals surface area contributed by atoms with Crippen molar-refractivity contribution in [1.29, 1.82) is 0 Å². The van der Waals surface area contributed by atoms with E-state index in [-0.39, 0.29) is 5.91 Å².